The van der Waals surface area contributed by atoms with Gasteiger partial charge in [0.15, 0.2) is 0 Å². The van der Waals surface area contributed by atoms with Crippen molar-refractivity contribution in [1.29, 1.82) is 0 Å². The van der Waals surface area contributed by atoms with Crippen LogP contribution >= 0.6 is 0 Å². The Morgan fingerprint density at radius 3 is 2.89 bits per heavy atom. The number of hydrogen-bond acceptors (Lipinski definition) is 3. The molecule has 3 atom stereocenters. The average molecular weight is 260 g/mol. The van der Waals surface area contributed by atoms with Crippen molar-refractivity contribution in [3.63, 3.8) is 0 Å². The SMILES string of the molecule is CN(CC1CC2CCC1C2)C(=O)c1cncc(O)c1. The zero-order chi connectivity index (χ0) is 13.4. The Bertz CT molecular complexity index is 489. The number of rotatable bonds is 3. The van der Waals surface area contributed by atoms with Gasteiger partial charge in [-0.05, 0) is 43.1 Å². The number of carbonyl (C=O) groups is 1. The van der Waals surface area contributed by atoms with E-state index in [1.165, 1.54) is 44.1 Å². The molecule has 1 heterocycles. The molecule has 102 valence electrons. The van der Waals surface area contributed by atoms with Gasteiger partial charge in [0.05, 0.1) is 11.8 Å². The van der Waals surface area contributed by atoms with Crippen LogP contribution in [0.1, 0.15) is 36.0 Å². The second kappa shape index (κ2) is 4.83. The maximum atomic E-state index is 12.3. The molecule has 2 bridgehead atoms. The van der Waals surface area contributed by atoms with Gasteiger partial charge in [-0.1, -0.05) is 6.42 Å². The minimum Gasteiger partial charge on any atom is -0.506 e. The molecule has 1 amide bonds. The van der Waals surface area contributed by atoms with Crippen LogP contribution in [0.2, 0.25) is 0 Å². The van der Waals surface area contributed by atoms with Gasteiger partial charge in [0.25, 0.3) is 5.91 Å². The second-order valence-corrected chi connectivity index (χ2v) is 6.05. The lowest BCUT2D eigenvalue weighted by molar-refractivity contribution is 0.0753. The zero-order valence-electron chi connectivity index (χ0n) is 11.2. The Morgan fingerprint density at radius 1 is 1.42 bits per heavy atom. The molecule has 1 N–H and O–H groups in total. The van der Waals surface area contributed by atoms with Crippen molar-refractivity contribution in [1.82, 2.24) is 9.88 Å². The Kier molecular flexibility index (Phi) is 3.17. The molecule has 3 rings (SSSR count). The van der Waals surface area contributed by atoms with Crippen LogP contribution in [0.4, 0.5) is 0 Å². The first-order valence-electron chi connectivity index (χ1n) is 7.03. The number of fused-ring (bicyclic) bond motifs is 2. The van der Waals surface area contributed by atoms with E-state index in [4.69, 9.17) is 0 Å². The summed E-state index contributed by atoms with van der Waals surface area (Å²) in [6, 6.07) is 1.48. The van der Waals surface area contributed by atoms with Crippen molar-refractivity contribution in [3.05, 3.63) is 24.0 Å². The molecular formula is C15H20N2O2. The fourth-order valence-electron chi connectivity index (χ4n) is 3.80. The number of aromatic hydroxyl groups is 1. The monoisotopic (exact) mass is 260 g/mol. The highest BCUT2D eigenvalue weighted by atomic mass is 16.3. The Hall–Kier alpha value is -1.58. The molecule has 4 nitrogen and oxygen atoms in total. The van der Waals surface area contributed by atoms with Crippen molar-refractivity contribution in [2.45, 2.75) is 25.7 Å². The molecular weight excluding hydrogens is 240 g/mol. The van der Waals surface area contributed by atoms with Gasteiger partial charge in [0.1, 0.15) is 5.75 Å². The molecule has 0 aromatic carbocycles. The summed E-state index contributed by atoms with van der Waals surface area (Å²) in [4.78, 5) is 17.9. The third-order valence-corrected chi connectivity index (χ3v) is 4.71. The van der Waals surface area contributed by atoms with Crippen LogP contribution < -0.4 is 0 Å². The van der Waals surface area contributed by atoms with Crippen LogP contribution in [0.3, 0.4) is 0 Å². The normalized spacial score (nSPS) is 28.6. The van der Waals surface area contributed by atoms with Gasteiger partial charge in [0.2, 0.25) is 0 Å². The lowest BCUT2D eigenvalue weighted by Gasteiger charge is -2.27. The molecule has 0 aliphatic heterocycles. The minimum absolute atomic E-state index is 0.0409. The summed E-state index contributed by atoms with van der Waals surface area (Å²) >= 11 is 0. The van der Waals surface area contributed by atoms with Gasteiger partial charge in [-0.15, -0.1) is 0 Å². The number of amides is 1. The average Bonchev–Trinajstić information content (AvgIpc) is 3.00. The molecule has 0 saturated heterocycles. The number of nitrogens with zero attached hydrogens (tertiary/aromatic N) is 2. The van der Waals surface area contributed by atoms with E-state index in [1.807, 2.05) is 7.05 Å². The van der Waals surface area contributed by atoms with Gasteiger partial charge >= 0.3 is 0 Å². The first-order chi connectivity index (χ1) is 9.13. The smallest absolute Gasteiger partial charge is 0.255 e. The van der Waals surface area contributed by atoms with Gasteiger partial charge in [-0.25, -0.2) is 0 Å². The molecule has 1 aromatic heterocycles. The van der Waals surface area contributed by atoms with Crippen molar-refractivity contribution in [3.8, 4) is 5.75 Å². The second-order valence-electron chi connectivity index (χ2n) is 6.05. The molecule has 19 heavy (non-hydrogen) atoms. The van der Waals surface area contributed by atoms with E-state index in [-0.39, 0.29) is 11.7 Å². The Balaban J connectivity index is 1.64. The Morgan fingerprint density at radius 2 is 2.26 bits per heavy atom. The van der Waals surface area contributed by atoms with Gasteiger partial charge in [-0.2, -0.15) is 0 Å². The number of pyridine rings is 1. The topological polar surface area (TPSA) is 53.4 Å². The predicted octanol–water partition coefficient (Wildman–Crippen LogP) is 2.30. The minimum atomic E-state index is -0.0498. The lowest BCUT2D eigenvalue weighted by Crippen LogP contribution is -2.33. The quantitative estimate of drug-likeness (QED) is 0.907. The number of aromatic nitrogens is 1. The molecule has 2 aliphatic carbocycles. The third-order valence-electron chi connectivity index (χ3n) is 4.71. The standard InChI is InChI=1S/C15H20N2O2/c1-17(9-13-5-10-2-3-11(13)4-10)15(19)12-6-14(18)8-16-7-12/h6-8,10-11,13,18H,2-5,9H2,1H3. The summed E-state index contributed by atoms with van der Waals surface area (Å²) in [6.45, 7) is 0.829. The van der Waals surface area contributed by atoms with Gasteiger partial charge in [-0.3, -0.25) is 9.78 Å². The lowest BCUT2D eigenvalue weighted by atomic mass is 9.88. The molecule has 0 radical (unpaired) electrons. The fourth-order valence-corrected chi connectivity index (χ4v) is 3.80. The molecule has 0 spiro atoms. The first kappa shape index (κ1) is 12.5. The maximum absolute atomic E-state index is 12.3. The molecule has 2 fully saturated rings. The Labute approximate surface area is 113 Å². The van der Waals surface area contributed by atoms with E-state index in [0.717, 1.165) is 18.4 Å². The largest absolute Gasteiger partial charge is 0.506 e. The third kappa shape index (κ3) is 2.44. The van der Waals surface area contributed by atoms with E-state index in [0.29, 0.717) is 11.5 Å². The van der Waals surface area contributed by atoms with E-state index < -0.39 is 0 Å². The molecule has 2 saturated carbocycles. The zero-order valence-corrected chi connectivity index (χ0v) is 11.2. The fraction of sp³-hybridized carbons (Fsp3) is 0.600. The van der Waals surface area contributed by atoms with Crippen LogP contribution in [-0.2, 0) is 0 Å². The van der Waals surface area contributed by atoms with Crippen molar-refractivity contribution in [2.24, 2.45) is 17.8 Å². The first-order valence-corrected chi connectivity index (χ1v) is 7.03. The number of carbonyl (C=O) groups excluding carboxylic acids is 1. The number of hydrogen-bond donors (Lipinski definition) is 1. The van der Waals surface area contributed by atoms with Crippen molar-refractivity contribution < 1.29 is 9.90 Å². The van der Waals surface area contributed by atoms with Crippen LogP contribution in [0.25, 0.3) is 0 Å². The summed E-state index contributed by atoms with van der Waals surface area (Å²) < 4.78 is 0. The highest BCUT2D eigenvalue weighted by molar-refractivity contribution is 5.94. The van der Waals surface area contributed by atoms with Crippen LogP contribution in [0.5, 0.6) is 5.75 Å². The predicted molar refractivity (Wildman–Crippen MR) is 71.8 cm³/mol. The van der Waals surface area contributed by atoms with Gasteiger partial charge < -0.3 is 10.0 Å². The van der Waals surface area contributed by atoms with E-state index in [2.05, 4.69) is 4.98 Å². The van der Waals surface area contributed by atoms with Crippen LogP contribution in [-0.4, -0.2) is 34.5 Å². The van der Waals surface area contributed by atoms with Crippen molar-refractivity contribution >= 4 is 5.91 Å². The molecule has 3 unspecified atom stereocenters. The summed E-state index contributed by atoms with van der Waals surface area (Å²) in [5.41, 5.74) is 0.464. The molecule has 4 heteroatoms. The molecule has 1 aromatic rings. The van der Waals surface area contributed by atoms with E-state index in [1.54, 1.807) is 4.90 Å². The van der Waals surface area contributed by atoms with Crippen LogP contribution in [0, 0.1) is 17.8 Å². The summed E-state index contributed by atoms with van der Waals surface area (Å²) in [7, 11) is 1.85. The summed E-state index contributed by atoms with van der Waals surface area (Å²) in [5, 5.41) is 9.38. The van der Waals surface area contributed by atoms with Gasteiger partial charge in [0, 0.05) is 19.8 Å². The summed E-state index contributed by atoms with van der Waals surface area (Å²) in [5.74, 6) is 2.38. The molecule has 2 aliphatic rings. The van der Waals surface area contributed by atoms with E-state index >= 15 is 0 Å². The van der Waals surface area contributed by atoms with E-state index in [9.17, 15) is 9.90 Å². The highest BCUT2D eigenvalue weighted by Crippen LogP contribution is 2.48. The summed E-state index contributed by atoms with van der Waals surface area (Å²) in [6.07, 6.45) is 8.22. The maximum Gasteiger partial charge on any atom is 0.255 e. The van der Waals surface area contributed by atoms with Crippen molar-refractivity contribution in [2.75, 3.05) is 13.6 Å². The van der Waals surface area contributed by atoms with Crippen LogP contribution in [0.15, 0.2) is 18.5 Å². The highest BCUT2D eigenvalue weighted by Gasteiger charge is 2.40.